The molecule has 2 N–H and O–H groups in total. The Morgan fingerprint density at radius 2 is 1.90 bits per heavy atom. The van der Waals surface area contributed by atoms with Crippen LogP contribution in [0.2, 0.25) is 0 Å². The van der Waals surface area contributed by atoms with E-state index in [2.05, 4.69) is 15.6 Å². The van der Waals surface area contributed by atoms with Crippen LogP contribution in [0.25, 0.3) is 0 Å². The smallest absolute Gasteiger partial charge is 0.325 e. The number of imide groups is 1. The van der Waals surface area contributed by atoms with Gasteiger partial charge in [0, 0.05) is 24.8 Å². The lowest BCUT2D eigenvalue weighted by Crippen LogP contribution is -2.44. The Morgan fingerprint density at radius 1 is 1.10 bits per heavy atom. The Labute approximate surface area is 176 Å². The third kappa shape index (κ3) is 4.46. The third-order valence-corrected chi connectivity index (χ3v) is 5.83. The number of nitrogens with zero attached hydrogens (tertiary/aromatic N) is 2. The number of carbonyl (C=O) groups is 2. The molecule has 2 aliphatic rings. The quantitative estimate of drug-likeness (QED) is 0.492. The van der Waals surface area contributed by atoms with Crippen LogP contribution in [-0.2, 0) is 17.9 Å². The van der Waals surface area contributed by atoms with Gasteiger partial charge in [-0.2, -0.15) is 0 Å². The summed E-state index contributed by atoms with van der Waals surface area (Å²) in [6.45, 7) is 2.23. The van der Waals surface area contributed by atoms with E-state index in [1.54, 1.807) is 6.20 Å². The van der Waals surface area contributed by atoms with Crippen molar-refractivity contribution < 1.29 is 14.3 Å². The lowest BCUT2D eigenvalue weighted by atomic mass is 9.98. The molecule has 1 saturated carbocycles. The molecule has 1 aliphatic carbocycles. The van der Waals surface area contributed by atoms with E-state index in [1.165, 1.54) is 4.90 Å². The monoisotopic (exact) mass is 408 g/mol. The molecule has 2 heterocycles. The van der Waals surface area contributed by atoms with Crippen molar-refractivity contribution in [1.29, 1.82) is 0 Å². The first-order valence-electron chi connectivity index (χ1n) is 10.6. The fourth-order valence-corrected chi connectivity index (χ4v) is 4.21. The molecule has 3 amide bonds. The van der Waals surface area contributed by atoms with Crippen LogP contribution in [0, 0.1) is 0 Å². The number of urea groups is 1. The highest BCUT2D eigenvalue weighted by Gasteiger charge is 2.51. The van der Waals surface area contributed by atoms with Gasteiger partial charge in [0.2, 0.25) is 0 Å². The lowest BCUT2D eigenvalue weighted by molar-refractivity contribution is -0.131. The van der Waals surface area contributed by atoms with Gasteiger partial charge < -0.3 is 15.4 Å². The van der Waals surface area contributed by atoms with Crippen LogP contribution in [-0.4, -0.2) is 40.5 Å². The van der Waals surface area contributed by atoms with Gasteiger partial charge in [-0.1, -0.05) is 37.1 Å². The second-order valence-electron chi connectivity index (χ2n) is 7.92. The zero-order chi connectivity index (χ0) is 20.8. The number of ether oxygens (including phenoxy) is 1. The third-order valence-electron chi connectivity index (χ3n) is 5.83. The van der Waals surface area contributed by atoms with Crippen molar-refractivity contribution in [2.75, 3.05) is 13.1 Å². The highest BCUT2D eigenvalue weighted by molar-refractivity contribution is 6.07. The average Bonchev–Trinajstić information content (AvgIpc) is 3.33. The predicted molar refractivity (Wildman–Crippen MR) is 113 cm³/mol. The summed E-state index contributed by atoms with van der Waals surface area (Å²) in [6.07, 6.45) is 6.01. The van der Waals surface area contributed by atoms with Gasteiger partial charge in [-0.25, -0.2) is 4.79 Å². The van der Waals surface area contributed by atoms with Crippen LogP contribution in [0.15, 0.2) is 48.7 Å². The minimum atomic E-state index is -0.617. The van der Waals surface area contributed by atoms with Crippen molar-refractivity contribution in [1.82, 2.24) is 20.5 Å². The maximum absolute atomic E-state index is 12.7. The molecule has 1 saturated heterocycles. The lowest BCUT2D eigenvalue weighted by Gasteiger charge is -2.20. The average molecular weight is 409 g/mol. The van der Waals surface area contributed by atoms with Crippen LogP contribution < -0.4 is 15.4 Å². The number of carbonyl (C=O) groups excluding carboxylic acids is 2. The Balaban J connectivity index is 1.22. The topological polar surface area (TPSA) is 83.6 Å². The Hall–Kier alpha value is -2.93. The van der Waals surface area contributed by atoms with Crippen molar-refractivity contribution in [2.24, 2.45) is 0 Å². The maximum atomic E-state index is 12.7. The number of rotatable bonds is 9. The van der Waals surface area contributed by atoms with Crippen molar-refractivity contribution >= 4 is 11.9 Å². The normalized spacial score (nSPS) is 17.5. The molecule has 1 aromatic heterocycles. The zero-order valence-electron chi connectivity index (χ0n) is 17.1. The van der Waals surface area contributed by atoms with Crippen LogP contribution in [0.1, 0.15) is 43.4 Å². The minimum Gasteiger partial charge on any atom is -0.487 e. The van der Waals surface area contributed by atoms with E-state index in [9.17, 15) is 9.59 Å². The molecular weight excluding hydrogens is 380 g/mol. The standard InChI is InChI=1S/C23H28N4O3/c28-21-23(11-4-5-12-23)26-22(29)27(21)15-7-13-24-16-18-8-1-2-10-20(18)30-17-19-9-3-6-14-25-19/h1-3,6,8-10,14,24H,4-5,7,11-13,15-17H2,(H,26,29). The molecule has 4 rings (SSSR count). The van der Waals surface area contributed by atoms with Crippen molar-refractivity contribution in [3.05, 3.63) is 59.9 Å². The van der Waals surface area contributed by atoms with Gasteiger partial charge in [-0.15, -0.1) is 0 Å². The first-order valence-corrected chi connectivity index (χ1v) is 10.6. The van der Waals surface area contributed by atoms with Gasteiger partial charge in [0.1, 0.15) is 17.9 Å². The first-order chi connectivity index (χ1) is 14.7. The predicted octanol–water partition coefficient (Wildman–Crippen LogP) is 3.00. The van der Waals surface area contributed by atoms with E-state index in [0.29, 0.717) is 32.7 Å². The largest absolute Gasteiger partial charge is 0.487 e. The fourth-order valence-electron chi connectivity index (χ4n) is 4.21. The van der Waals surface area contributed by atoms with Crippen LogP contribution in [0.5, 0.6) is 5.75 Å². The second kappa shape index (κ2) is 9.26. The van der Waals surface area contributed by atoms with Gasteiger partial charge >= 0.3 is 6.03 Å². The molecular formula is C23H28N4O3. The van der Waals surface area contributed by atoms with Crippen LogP contribution in [0.3, 0.4) is 0 Å². The molecule has 0 radical (unpaired) electrons. The SMILES string of the molecule is O=C1NC2(CCCC2)C(=O)N1CCCNCc1ccccc1OCc1ccccn1. The maximum Gasteiger partial charge on any atom is 0.325 e. The van der Waals surface area contributed by atoms with Gasteiger partial charge in [0.15, 0.2) is 0 Å². The molecule has 0 bridgehead atoms. The summed E-state index contributed by atoms with van der Waals surface area (Å²) < 4.78 is 5.93. The van der Waals surface area contributed by atoms with Crippen LogP contribution >= 0.6 is 0 Å². The molecule has 30 heavy (non-hydrogen) atoms. The van der Waals surface area contributed by atoms with E-state index >= 15 is 0 Å². The Bertz CT molecular complexity index is 881. The number of amides is 3. The molecule has 0 atom stereocenters. The van der Waals surface area contributed by atoms with Crippen molar-refractivity contribution in [3.63, 3.8) is 0 Å². The molecule has 2 fully saturated rings. The summed E-state index contributed by atoms with van der Waals surface area (Å²) in [5, 5.41) is 6.32. The summed E-state index contributed by atoms with van der Waals surface area (Å²) in [7, 11) is 0. The Morgan fingerprint density at radius 3 is 2.70 bits per heavy atom. The number of hydrogen-bond donors (Lipinski definition) is 2. The molecule has 7 nitrogen and oxygen atoms in total. The van der Waals surface area contributed by atoms with E-state index in [1.807, 2.05) is 42.5 Å². The molecule has 7 heteroatoms. The fraction of sp³-hybridized carbons (Fsp3) is 0.435. The number of pyridine rings is 1. The van der Waals surface area contributed by atoms with Gasteiger partial charge in [-0.3, -0.25) is 14.7 Å². The molecule has 1 spiro atoms. The van der Waals surface area contributed by atoms with Crippen LogP contribution in [0.4, 0.5) is 4.79 Å². The first kappa shape index (κ1) is 20.3. The molecule has 0 unspecified atom stereocenters. The summed E-state index contributed by atoms with van der Waals surface area (Å²) in [5.41, 5.74) is 1.33. The van der Waals surface area contributed by atoms with E-state index in [4.69, 9.17) is 4.74 Å². The molecule has 1 aliphatic heterocycles. The second-order valence-corrected chi connectivity index (χ2v) is 7.92. The highest BCUT2D eigenvalue weighted by atomic mass is 16.5. The number of nitrogens with one attached hydrogen (secondary N) is 2. The number of hydrogen-bond acceptors (Lipinski definition) is 5. The van der Waals surface area contributed by atoms with Gasteiger partial charge in [0.25, 0.3) is 5.91 Å². The van der Waals surface area contributed by atoms with E-state index in [0.717, 1.165) is 42.7 Å². The summed E-state index contributed by atoms with van der Waals surface area (Å²) >= 11 is 0. The van der Waals surface area contributed by atoms with E-state index < -0.39 is 5.54 Å². The molecule has 1 aromatic carbocycles. The zero-order valence-corrected chi connectivity index (χ0v) is 17.1. The highest BCUT2D eigenvalue weighted by Crippen LogP contribution is 2.35. The van der Waals surface area contributed by atoms with Gasteiger partial charge in [-0.05, 0) is 44.0 Å². The van der Waals surface area contributed by atoms with Crippen molar-refractivity contribution in [2.45, 2.75) is 50.8 Å². The van der Waals surface area contributed by atoms with Gasteiger partial charge in [0.05, 0.1) is 5.69 Å². The molecule has 158 valence electrons. The summed E-state index contributed by atoms with van der Waals surface area (Å²) in [6, 6.07) is 13.4. The summed E-state index contributed by atoms with van der Waals surface area (Å²) in [4.78, 5) is 30.5. The number of benzene rings is 1. The number of aromatic nitrogens is 1. The number of para-hydroxylation sites is 1. The molecule has 2 aromatic rings. The Kier molecular flexibility index (Phi) is 6.28. The van der Waals surface area contributed by atoms with E-state index in [-0.39, 0.29) is 11.9 Å². The summed E-state index contributed by atoms with van der Waals surface area (Å²) in [5.74, 6) is 0.784. The van der Waals surface area contributed by atoms with Crippen molar-refractivity contribution in [3.8, 4) is 5.75 Å². The minimum absolute atomic E-state index is 0.0433.